The van der Waals surface area contributed by atoms with Crippen molar-refractivity contribution in [3.63, 3.8) is 0 Å². The SMILES string of the molecule is COCN(COC)CC(=O)N(COC)COC. The van der Waals surface area contributed by atoms with Crippen LogP contribution in [0, 0.1) is 0 Å². The molecule has 0 radical (unpaired) electrons. The van der Waals surface area contributed by atoms with Gasteiger partial charge in [0.15, 0.2) is 0 Å². The molecule has 0 rings (SSSR count). The van der Waals surface area contributed by atoms with E-state index in [1.807, 2.05) is 0 Å². The Hall–Kier alpha value is -0.730. The maximum atomic E-state index is 11.9. The Labute approximate surface area is 102 Å². The zero-order valence-electron chi connectivity index (χ0n) is 11.0. The molecule has 0 bridgehead atoms. The summed E-state index contributed by atoms with van der Waals surface area (Å²) in [5, 5.41) is 0. The molecule has 0 fully saturated rings. The molecule has 0 N–H and O–H groups in total. The second-order valence-electron chi connectivity index (χ2n) is 3.43. The third kappa shape index (κ3) is 7.24. The molecule has 7 nitrogen and oxygen atoms in total. The maximum Gasteiger partial charge on any atom is 0.240 e. The van der Waals surface area contributed by atoms with E-state index in [1.165, 1.54) is 19.1 Å². The average molecular weight is 250 g/mol. The van der Waals surface area contributed by atoms with Gasteiger partial charge in [0.1, 0.15) is 26.9 Å². The topological polar surface area (TPSA) is 60.5 Å². The van der Waals surface area contributed by atoms with Gasteiger partial charge in [0.05, 0.1) is 6.54 Å². The molecule has 0 aliphatic rings. The lowest BCUT2D eigenvalue weighted by atomic mass is 10.5. The van der Waals surface area contributed by atoms with Gasteiger partial charge in [0, 0.05) is 28.4 Å². The average Bonchev–Trinajstić information content (AvgIpc) is 2.29. The van der Waals surface area contributed by atoms with Gasteiger partial charge in [-0.2, -0.15) is 0 Å². The highest BCUT2D eigenvalue weighted by molar-refractivity contribution is 5.78. The van der Waals surface area contributed by atoms with Crippen molar-refractivity contribution in [1.29, 1.82) is 0 Å². The van der Waals surface area contributed by atoms with Gasteiger partial charge < -0.3 is 18.9 Å². The number of carbonyl (C=O) groups excluding carboxylic acids is 1. The van der Waals surface area contributed by atoms with Crippen LogP contribution in [0.2, 0.25) is 0 Å². The molecular formula is C10H22N2O5. The predicted octanol–water partition coefficient (Wildman–Crippen LogP) is -0.467. The van der Waals surface area contributed by atoms with Crippen LogP contribution in [0.3, 0.4) is 0 Å². The fraction of sp³-hybridized carbons (Fsp3) is 0.900. The summed E-state index contributed by atoms with van der Waals surface area (Å²) in [5.74, 6) is -0.109. The number of hydrogen-bond acceptors (Lipinski definition) is 6. The Kier molecular flexibility index (Phi) is 9.98. The van der Waals surface area contributed by atoms with Crippen LogP contribution in [0.1, 0.15) is 0 Å². The molecule has 0 saturated carbocycles. The quantitative estimate of drug-likeness (QED) is 0.489. The molecule has 0 aromatic heterocycles. The Morgan fingerprint density at radius 1 is 0.824 bits per heavy atom. The van der Waals surface area contributed by atoms with E-state index in [0.29, 0.717) is 13.5 Å². The first-order valence-electron chi connectivity index (χ1n) is 5.15. The summed E-state index contributed by atoms with van der Waals surface area (Å²) in [6, 6.07) is 0. The minimum absolute atomic E-state index is 0.109. The predicted molar refractivity (Wildman–Crippen MR) is 61.1 cm³/mol. The smallest absolute Gasteiger partial charge is 0.240 e. The molecule has 0 aromatic rings. The molecule has 0 unspecified atom stereocenters. The van der Waals surface area contributed by atoms with Crippen LogP contribution >= 0.6 is 0 Å². The van der Waals surface area contributed by atoms with Crippen LogP contribution in [0.15, 0.2) is 0 Å². The van der Waals surface area contributed by atoms with Crippen molar-refractivity contribution < 1.29 is 23.7 Å². The highest BCUT2D eigenvalue weighted by Crippen LogP contribution is 1.96. The molecule has 0 aliphatic heterocycles. The van der Waals surface area contributed by atoms with E-state index >= 15 is 0 Å². The lowest BCUT2D eigenvalue weighted by Gasteiger charge is -2.25. The molecule has 1 amide bonds. The van der Waals surface area contributed by atoms with E-state index in [-0.39, 0.29) is 25.9 Å². The van der Waals surface area contributed by atoms with Crippen LogP contribution in [-0.2, 0) is 23.7 Å². The van der Waals surface area contributed by atoms with Gasteiger partial charge in [0.2, 0.25) is 5.91 Å². The van der Waals surface area contributed by atoms with E-state index in [1.54, 1.807) is 19.1 Å². The van der Waals surface area contributed by atoms with Crippen LogP contribution in [0.4, 0.5) is 0 Å². The van der Waals surface area contributed by atoms with Crippen molar-refractivity contribution in [3.8, 4) is 0 Å². The highest BCUT2D eigenvalue weighted by atomic mass is 16.5. The van der Waals surface area contributed by atoms with Gasteiger partial charge in [-0.05, 0) is 0 Å². The molecule has 102 valence electrons. The summed E-state index contributed by atoms with van der Waals surface area (Å²) in [4.78, 5) is 15.1. The number of hydrogen-bond donors (Lipinski definition) is 0. The van der Waals surface area contributed by atoms with Gasteiger partial charge in [-0.1, -0.05) is 0 Å². The van der Waals surface area contributed by atoms with Crippen molar-refractivity contribution in [2.75, 3.05) is 61.9 Å². The normalized spacial score (nSPS) is 10.9. The van der Waals surface area contributed by atoms with Crippen molar-refractivity contribution >= 4 is 5.91 Å². The van der Waals surface area contributed by atoms with Crippen molar-refractivity contribution in [1.82, 2.24) is 9.80 Å². The Morgan fingerprint density at radius 3 is 1.59 bits per heavy atom. The minimum atomic E-state index is -0.109. The number of methoxy groups -OCH3 is 4. The first-order chi connectivity index (χ1) is 8.19. The molecule has 0 aromatic carbocycles. The van der Waals surface area contributed by atoms with Crippen LogP contribution in [0.5, 0.6) is 0 Å². The summed E-state index contributed by atoms with van der Waals surface area (Å²) in [6.45, 7) is 1.23. The van der Waals surface area contributed by atoms with E-state index in [4.69, 9.17) is 18.9 Å². The van der Waals surface area contributed by atoms with Crippen LogP contribution in [-0.4, -0.2) is 77.6 Å². The van der Waals surface area contributed by atoms with Gasteiger partial charge in [-0.15, -0.1) is 0 Å². The fourth-order valence-corrected chi connectivity index (χ4v) is 1.28. The van der Waals surface area contributed by atoms with Crippen LogP contribution < -0.4 is 0 Å². The van der Waals surface area contributed by atoms with E-state index in [0.717, 1.165) is 0 Å². The molecular weight excluding hydrogens is 228 g/mol. The second kappa shape index (κ2) is 10.4. The second-order valence-corrected chi connectivity index (χ2v) is 3.43. The number of nitrogens with zero attached hydrogens (tertiary/aromatic N) is 2. The molecule has 7 heteroatoms. The zero-order valence-corrected chi connectivity index (χ0v) is 11.0. The summed E-state index contributed by atoms with van der Waals surface area (Å²) in [6.07, 6.45) is 0. The standard InChI is InChI=1S/C10H22N2O5/c1-14-6-11(7-15-2)5-10(13)12(8-16-3)9-17-4/h5-9H2,1-4H3. The summed E-state index contributed by atoms with van der Waals surface area (Å²) >= 11 is 0. The largest absolute Gasteiger partial charge is 0.369 e. The van der Waals surface area contributed by atoms with Crippen LogP contribution in [0.25, 0.3) is 0 Å². The van der Waals surface area contributed by atoms with Gasteiger partial charge >= 0.3 is 0 Å². The third-order valence-electron chi connectivity index (χ3n) is 1.90. The first kappa shape index (κ1) is 16.3. The first-order valence-corrected chi connectivity index (χ1v) is 5.15. The number of amides is 1. The zero-order chi connectivity index (χ0) is 13.1. The Bertz CT molecular complexity index is 191. The fourth-order valence-electron chi connectivity index (χ4n) is 1.28. The maximum absolute atomic E-state index is 11.9. The molecule has 0 atom stereocenters. The number of carbonyl (C=O) groups is 1. The lowest BCUT2D eigenvalue weighted by molar-refractivity contribution is -0.146. The van der Waals surface area contributed by atoms with E-state index in [2.05, 4.69) is 0 Å². The number of ether oxygens (including phenoxy) is 4. The van der Waals surface area contributed by atoms with E-state index < -0.39 is 0 Å². The minimum Gasteiger partial charge on any atom is -0.369 e. The van der Waals surface area contributed by atoms with Gasteiger partial charge in [-0.3, -0.25) is 9.69 Å². The lowest BCUT2D eigenvalue weighted by Crippen LogP contribution is -2.43. The van der Waals surface area contributed by atoms with Gasteiger partial charge in [0.25, 0.3) is 0 Å². The molecule has 0 heterocycles. The Balaban J connectivity index is 4.22. The third-order valence-corrected chi connectivity index (χ3v) is 1.90. The summed E-state index contributed by atoms with van der Waals surface area (Å²) in [5.41, 5.74) is 0. The monoisotopic (exact) mass is 250 g/mol. The van der Waals surface area contributed by atoms with Gasteiger partial charge in [-0.25, -0.2) is 4.90 Å². The number of rotatable bonds is 10. The van der Waals surface area contributed by atoms with E-state index in [9.17, 15) is 4.79 Å². The molecule has 17 heavy (non-hydrogen) atoms. The summed E-state index contributed by atoms with van der Waals surface area (Å²) < 4.78 is 19.8. The van der Waals surface area contributed by atoms with Crippen molar-refractivity contribution in [3.05, 3.63) is 0 Å². The Morgan fingerprint density at radius 2 is 1.24 bits per heavy atom. The molecule has 0 aliphatic carbocycles. The highest BCUT2D eigenvalue weighted by Gasteiger charge is 2.16. The van der Waals surface area contributed by atoms with Crippen molar-refractivity contribution in [2.24, 2.45) is 0 Å². The molecule has 0 spiro atoms. The molecule has 0 saturated heterocycles. The summed E-state index contributed by atoms with van der Waals surface area (Å²) in [7, 11) is 6.18. The van der Waals surface area contributed by atoms with Crippen molar-refractivity contribution in [2.45, 2.75) is 0 Å².